The Morgan fingerprint density at radius 3 is 2.89 bits per heavy atom. The number of hydrogen-bond acceptors (Lipinski definition) is 4. The summed E-state index contributed by atoms with van der Waals surface area (Å²) in [4.78, 5) is 21.6. The summed E-state index contributed by atoms with van der Waals surface area (Å²) in [7, 11) is 0. The molecule has 0 fully saturated rings. The number of benzene rings is 1. The van der Waals surface area contributed by atoms with E-state index in [1.165, 1.54) is 11.8 Å². The molecule has 1 aromatic rings. The highest BCUT2D eigenvalue weighted by Crippen LogP contribution is 2.14. The number of hydrogen-bond donors (Lipinski definition) is 1. The van der Waals surface area contributed by atoms with Crippen molar-refractivity contribution in [3.8, 4) is 0 Å². The first-order chi connectivity index (χ1) is 9.11. The highest BCUT2D eigenvalue weighted by atomic mass is 32.2. The maximum atomic E-state index is 11.2. The number of rotatable bonds is 7. The Labute approximate surface area is 116 Å². The molecule has 0 saturated heterocycles. The van der Waals surface area contributed by atoms with Crippen LogP contribution < -0.4 is 0 Å². The summed E-state index contributed by atoms with van der Waals surface area (Å²) in [5.41, 5.74) is 1.87. The molecule has 0 aliphatic rings. The third kappa shape index (κ3) is 6.67. The van der Waals surface area contributed by atoms with Crippen LogP contribution in [-0.4, -0.2) is 29.4 Å². The predicted molar refractivity (Wildman–Crippen MR) is 75.9 cm³/mol. The van der Waals surface area contributed by atoms with Gasteiger partial charge in [-0.3, -0.25) is 4.79 Å². The summed E-state index contributed by atoms with van der Waals surface area (Å²) in [5.74, 6) is -0.173. The van der Waals surface area contributed by atoms with Gasteiger partial charge in [-0.15, -0.1) is 11.8 Å². The standard InChI is InChI=1S/C14H16O4S/c1-2-18-14(17)10-19-9-12-5-3-4-11(8-12)6-7-13(15)16/h3-8H,2,9-10H2,1H3,(H,15,16)/b7-6+. The molecule has 19 heavy (non-hydrogen) atoms. The topological polar surface area (TPSA) is 63.6 Å². The molecule has 0 spiro atoms. The van der Waals surface area contributed by atoms with Crippen LogP contribution in [-0.2, 0) is 20.1 Å². The molecule has 0 atom stereocenters. The quantitative estimate of drug-likeness (QED) is 0.614. The van der Waals surface area contributed by atoms with Crippen LogP contribution in [0.25, 0.3) is 6.08 Å². The predicted octanol–water partition coefficient (Wildman–Crippen LogP) is 2.58. The van der Waals surface area contributed by atoms with E-state index in [0.717, 1.165) is 17.2 Å². The Bertz CT molecular complexity index is 468. The van der Waals surface area contributed by atoms with Crippen molar-refractivity contribution in [1.29, 1.82) is 0 Å². The lowest BCUT2D eigenvalue weighted by Crippen LogP contribution is -2.06. The van der Waals surface area contributed by atoms with Gasteiger partial charge in [0.15, 0.2) is 0 Å². The van der Waals surface area contributed by atoms with Crippen LogP contribution in [0.2, 0.25) is 0 Å². The zero-order valence-electron chi connectivity index (χ0n) is 10.7. The molecule has 1 N–H and O–H groups in total. The van der Waals surface area contributed by atoms with Gasteiger partial charge in [-0.25, -0.2) is 4.79 Å². The van der Waals surface area contributed by atoms with Crippen LogP contribution in [0.3, 0.4) is 0 Å². The van der Waals surface area contributed by atoms with Gasteiger partial charge in [-0.05, 0) is 24.1 Å². The fourth-order valence-corrected chi connectivity index (χ4v) is 2.18. The highest BCUT2D eigenvalue weighted by molar-refractivity contribution is 7.99. The second kappa shape index (κ2) is 8.37. The zero-order chi connectivity index (χ0) is 14.1. The minimum atomic E-state index is -0.970. The maximum absolute atomic E-state index is 11.2. The van der Waals surface area contributed by atoms with E-state index in [1.807, 2.05) is 24.3 Å². The first kappa shape index (κ1) is 15.3. The second-order valence-corrected chi connectivity index (χ2v) is 4.70. The number of esters is 1. The largest absolute Gasteiger partial charge is 0.478 e. The molecule has 0 heterocycles. The van der Waals surface area contributed by atoms with E-state index in [-0.39, 0.29) is 5.97 Å². The Hall–Kier alpha value is -1.75. The van der Waals surface area contributed by atoms with Gasteiger partial charge in [0.25, 0.3) is 0 Å². The van der Waals surface area contributed by atoms with Gasteiger partial charge < -0.3 is 9.84 Å². The Morgan fingerprint density at radius 2 is 2.21 bits per heavy atom. The molecule has 102 valence electrons. The summed E-state index contributed by atoms with van der Waals surface area (Å²) in [6.07, 6.45) is 2.65. The van der Waals surface area contributed by atoms with E-state index in [2.05, 4.69) is 0 Å². The van der Waals surface area contributed by atoms with Crippen molar-refractivity contribution in [3.63, 3.8) is 0 Å². The fraction of sp³-hybridized carbons (Fsp3) is 0.286. The summed E-state index contributed by atoms with van der Waals surface area (Å²) < 4.78 is 4.83. The van der Waals surface area contributed by atoms with Crippen molar-refractivity contribution in [2.24, 2.45) is 0 Å². The normalized spacial score (nSPS) is 10.6. The molecule has 0 aromatic heterocycles. The maximum Gasteiger partial charge on any atom is 0.328 e. The SMILES string of the molecule is CCOC(=O)CSCc1cccc(/C=C/C(=O)O)c1. The van der Waals surface area contributed by atoms with Gasteiger partial charge in [-0.2, -0.15) is 0 Å². The average molecular weight is 280 g/mol. The molecule has 0 amide bonds. The van der Waals surface area contributed by atoms with Crippen LogP contribution >= 0.6 is 11.8 Å². The van der Waals surface area contributed by atoms with Crippen molar-refractivity contribution >= 4 is 29.8 Å². The van der Waals surface area contributed by atoms with Crippen molar-refractivity contribution in [2.75, 3.05) is 12.4 Å². The lowest BCUT2D eigenvalue weighted by atomic mass is 10.1. The number of carboxylic acids is 1. The van der Waals surface area contributed by atoms with Gasteiger partial charge in [0.05, 0.1) is 12.4 Å². The molecular formula is C14H16O4S. The monoisotopic (exact) mass is 280 g/mol. The number of aliphatic carboxylic acids is 1. The Balaban J connectivity index is 2.48. The van der Waals surface area contributed by atoms with Gasteiger partial charge >= 0.3 is 11.9 Å². The number of carbonyl (C=O) groups excluding carboxylic acids is 1. The second-order valence-electron chi connectivity index (χ2n) is 3.71. The lowest BCUT2D eigenvalue weighted by molar-refractivity contribution is -0.139. The van der Waals surface area contributed by atoms with Gasteiger partial charge in [0.2, 0.25) is 0 Å². The zero-order valence-corrected chi connectivity index (χ0v) is 11.5. The molecule has 0 aliphatic heterocycles. The molecule has 1 aromatic carbocycles. The van der Waals surface area contributed by atoms with E-state index >= 15 is 0 Å². The lowest BCUT2D eigenvalue weighted by Gasteiger charge is -2.03. The van der Waals surface area contributed by atoms with Crippen molar-refractivity contribution in [2.45, 2.75) is 12.7 Å². The van der Waals surface area contributed by atoms with E-state index in [1.54, 1.807) is 13.0 Å². The van der Waals surface area contributed by atoms with Gasteiger partial charge in [-0.1, -0.05) is 24.3 Å². The molecule has 5 heteroatoms. The minimum Gasteiger partial charge on any atom is -0.478 e. The van der Waals surface area contributed by atoms with E-state index in [9.17, 15) is 9.59 Å². The van der Waals surface area contributed by atoms with E-state index in [4.69, 9.17) is 9.84 Å². The Kier molecular flexibility index (Phi) is 6.74. The van der Waals surface area contributed by atoms with E-state index < -0.39 is 5.97 Å². The van der Waals surface area contributed by atoms with Crippen molar-refractivity contribution in [3.05, 3.63) is 41.5 Å². The summed E-state index contributed by atoms with van der Waals surface area (Å²) in [6.45, 7) is 2.18. The number of carbonyl (C=O) groups is 2. The average Bonchev–Trinajstić information content (AvgIpc) is 2.37. The van der Waals surface area contributed by atoms with E-state index in [0.29, 0.717) is 18.1 Å². The summed E-state index contributed by atoms with van der Waals surface area (Å²) in [6, 6.07) is 7.54. The van der Waals surface area contributed by atoms with Gasteiger partial charge in [0, 0.05) is 11.8 Å². The van der Waals surface area contributed by atoms with Crippen LogP contribution in [0.5, 0.6) is 0 Å². The summed E-state index contributed by atoms with van der Waals surface area (Å²) in [5, 5.41) is 8.55. The number of carboxylic acid groups (broad SMARTS) is 1. The molecule has 0 radical (unpaired) electrons. The van der Waals surface area contributed by atoms with Crippen LogP contribution in [0, 0.1) is 0 Å². The third-order valence-corrected chi connectivity index (χ3v) is 3.14. The highest BCUT2D eigenvalue weighted by Gasteiger charge is 2.02. The molecule has 0 saturated carbocycles. The molecular weight excluding hydrogens is 264 g/mol. The smallest absolute Gasteiger partial charge is 0.328 e. The van der Waals surface area contributed by atoms with Gasteiger partial charge in [0.1, 0.15) is 0 Å². The molecule has 1 rings (SSSR count). The molecule has 4 nitrogen and oxygen atoms in total. The third-order valence-electron chi connectivity index (χ3n) is 2.16. The summed E-state index contributed by atoms with van der Waals surface area (Å²) >= 11 is 1.47. The van der Waals surface area contributed by atoms with Crippen molar-refractivity contribution < 1.29 is 19.4 Å². The first-order valence-electron chi connectivity index (χ1n) is 5.85. The molecule has 0 bridgehead atoms. The molecule has 0 unspecified atom stereocenters. The fourth-order valence-electron chi connectivity index (χ4n) is 1.41. The first-order valence-corrected chi connectivity index (χ1v) is 7.00. The molecule has 0 aliphatic carbocycles. The number of thioether (sulfide) groups is 1. The van der Waals surface area contributed by atoms with Crippen LogP contribution in [0.1, 0.15) is 18.1 Å². The van der Waals surface area contributed by atoms with Crippen LogP contribution in [0.4, 0.5) is 0 Å². The Morgan fingerprint density at radius 1 is 1.42 bits per heavy atom. The van der Waals surface area contributed by atoms with Crippen LogP contribution in [0.15, 0.2) is 30.3 Å². The van der Waals surface area contributed by atoms with Crippen molar-refractivity contribution in [1.82, 2.24) is 0 Å². The minimum absolute atomic E-state index is 0.213. The number of ether oxygens (including phenoxy) is 1.